The maximum Gasteiger partial charge on any atom is 0.338 e. The number of ether oxygens (including phenoxy) is 1. The number of rotatable bonds is 5. The molecule has 0 aliphatic carbocycles. The summed E-state index contributed by atoms with van der Waals surface area (Å²) in [6.45, 7) is 6.22. The topological polar surface area (TPSA) is 73.2 Å². The fraction of sp³-hybridized carbons (Fsp3) is 0.312. The standard InChI is InChI=1S/C16H18ClN3O3/c1-4-20-14(17)13(10(3)19-20)15(21)18-12-8-6-7-11(9-12)16(22)23-5-2/h6-9H,4-5H2,1-3H3,(H,18,21). The first-order valence-electron chi connectivity index (χ1n) is 7.29. The number of anilines is 1. The average Bonchev–Trinajstić information content (AvgIpc) is 2.82. The number of hydrogen-bond acceptors (Lipinski definition) is 4. The molecule has 7 heteroatoms. The highest BCUT2D eigenvalue weighted by Gasteiger charge is 2.20. The third-order valence-corrected chi connectivity index (χ3v) is 3.61. The van der Waals surface area contributed by atoms with Gasteiger partial charge in [-0.2, -0.15) is 5.10 Å². The molecular formula is C16H18ClN3O3. The molecule has 1 heterocycles. The van der Waals surface area contributed by atoms with Gasteiger partial charge in [-0.1, -0.05) is 17.7 Å². The highest BCUT2D eigenvalue weighted by Crippen LogP contribution is 2.21. The Morgan fingerprint density at radius 1 is 1.35 bits per heavy atom. The lowest BCUT2D eigenvalue weighted by Gasteiger charge is -2.07. The number of aromatic nitrogens is 2. The number of aryl methyl sites for hydroxylation is 2. The van der Waals surface area contributed by atoms with Crippen LogP contribution >= 0.6 is 11.6 Å². The van der Waals surface area contributed by atoms with E-state index in [2.05, 4.69) is 10.4 Å². The van der Waals surface area contributed by atoms with E-state index < -0.39 is 5.97 Å². The minimum absolute atomic E-state index is 0.292. The number of halogens is 1. The molecule has 0 aliphatic rings. The Morgan fingerprint density at radius 2 is 2.09 bits per heavy atom. The monoisotopic (exact) mass is 335 g/mol. The van der Waals surface area contributed by atoms with Crippen molar-refractivity contribution in [2.24, 2.45) is 0 Å². The van der Waals surface area contributed by atoms with Crippen LogP contribution in [0.5, 0.6) is 0 Å². The van der Waals surface area contributed by atoms with Gasteiger partial charge in [-0.25, -0.2) is 4.79 Å². The molecule has 0 saturated carbocycles. The summed E-state index contributed by atoms with van der Waals surface area (Å²) in [6, 6.07) is 6.55. The number of esters is 1. The molecule has 1 amide bonds. The Kier molecular flexibility index (Phi) is 5.39. The van der Waals surface area contributed by atoms with Gasteiger partial charge in [-0.15, -0.1) is 0 Å². The number of carbonyl (C=O) groups is 2. The zero-order valence-electron chi connectivity index (χ0n) is 13.2. The number of carbonyl (C=O) groups excluding carboxylic acids is 2. The van der Waals surface area contributed by atoms with E-state index in [9.17, 15) is 9.59 Å². The van der Waals surface area contributed by atoms with Gasteiger partial charge in [-0.05, 0) is 39.0 Å². The van der Waals surface area contributed by atoms with Crippen molar-refractivity contribution in [1.82, 2.24) is 9.78 Å². The Hall–Kier alpha value is -2.34. The predicted molar refractivity (Wildman–Crippen MR) is 88.0 cm³/mol. The van der Waals surface area contributed by atoms with Crippen molar-refractivity contribution in [3.05, 3.63) is 46.2 Å². The fourth-order valence-electron chi connectivity index (χ4n) is 2.15. The van der Waals surface area contributed by atoms with Gasteiger partial charge in [0.2, 0.25) is 0 Å². The van der Waals surface area contributed by atoms with Crippen molar-refractivity contribution in [3.63, 3.8) is 0 Å². The van der Waals surface area contributed by atoms with E-state index in [4.69, 9.17) is 16.3 Å². The molecule has 23 heavy (non-hydrogen) atoms. The van der Waals surface area contributed by atoms with Crippen molar-refractivity contribution < 1.29 is 14.3 Å². The molecule has 0 radical (unpaired) electrons. The van der Waals surface area contributed by atoms with E-state index in [1.165, 1.54) is 0 Å². The summed E-state index contributed by atoms with van der Waals surface area (Å²) < 4.78 is 6.50. The van der Waals surface area contributed by atoms with Gasteiger partial charge in [0, 0.05) is 12.2 Å². The van der Waals surface area contributed by atoms with Crippen LogP contribution in [0, 0.1) is 6.92 Å². The van der Waals surface area contributed by atoms with Crippen LogP contribution in [0.3, 0.4) is 0 Å². The smallest absolute Gasteiger partial charge is 0.338 e. The maximum atomic E-state index is 12.4. The van der Waals surface area contributed by atoms with Crippen LogP contribution in [-0.2, 0) is 11.3 Å². The van der Waals surface area contributed by atoms with Crippen LogP contribution in [0.1, 0.15) is 40.3 Å². The summed E-state index contributed by atoms with van der Waals surface area (Å²) in [4.78, 5) is 24.2. The first kappa shape index (κ1) is 17.0. The first-order chi connectivity index (χ1) is 11.0. The van der Waals surface area contributed by atoms with Crippen LogP contribution in [-0.4, -0.2) is 28.3 Å². The highest BCUT2D eigenvalue weighted by atomic mass is 35.5. The molecule has 1 N–H and O–H groups in total. The van der Waals surface area contributed by atoms with Gasteiger partial charge in [0.05, 0.1) is 23.4 Å². The summed E-state index contributed by atoms with van der Waals surface area (Å²) in [6.07, 6.45) is 0. The molecule has 0 spiro atoms. The van der Waals surface area contributed by atoms with Crippen molar-refractivity contribution >= 4 is 29.2 Å². The molecule has 2 rings (SSSR count). The predicted octanol–water partition coefficient (Wildman–Crippen LogP) is 3.29. The third kappa shape index (κ3) is 3.71. The lowest BCUT2D eigenvalue weighted by Crippen LogP contribution is -2.14. The molecule has 1 aromatic heterocycles. The third-order valence-electron chi connectivity index (χ3n) is 3.22. The van der Waals surface area contributed by atoms with E-state index in [0.29, 0.717) is 40.8 Å². The normalized spacial score (nSPS) is 10.4. The lowest BCUT2D eigenvalue weighted by atomic mass is 10.2. The molecule has 0 fully saturated rings. The van der Waals surface area contributed by atoms with Crippen LogP contribution < -0.4 is 5.32 Å². The van der Waals surface area contributed by atoms with E-state index >= 15 is 0 Å². The largest absolute Gasteiger partial charge is 0.462 e. The average molecular weight is 336 g/mol. The summed E-state index contributed by atoms with van der Waals surface area (Å²) in [5.74, 6) is -0.801. The summed E-state index contributed by atoms with van der Waals surface area (Å²) >= 11 is 6.18. The van der Waals surface area contributed by atoms with E-state index in [0.717, 1.165) is 0 Å². The van der Waals surface area contributed by atoms with Crippen LogP contribution in [0.4, 0.5) is 5.69 Å². The van der Waals surface area contributed by atoms with E-state index in [-0.39, 0.29) is 5.91 Å². The maximum absolute atomic E-state index is 12.4. The lowest BCUT2D eigenvalue weighted by molar-refractivity contribution is 0.0526. The molecular weight excluding hydrogens is 318 g/mol. The molecule has 0 aliphatic heterocycles. The number of amides is 1. The van der Waals surface area contributed by atoms with Crippen molar-refractivity contribution in [3.8, 4) is 0 Å². The molecule has 0 unspecified atom stereocenters. The molecule has 0 bridgehead atoms. The van der Waals surface area contributed by atoms with Gasteiger partial charge >= 0.3 is 5.97 Å². The molecule has 0 saturated heterocycles. The molecule has 122 valence electrons. The van der Waals surface area contributed by atoms with Crippen molar-refractivity contribution in [1.29, 1.82) is 0 Å². The number of nitrogens with zero attached hydrogens (tertiary/aromatic N) is 2. The Morgan fingerprint density at radius 3 is 2.70 bits per heavy atom. The summed E-state index contributed by atoms with van der Waals surface area (Å²) in [7, 11) is 0. The molecule has 6 nitrogen and oxygen atoms in total. The van der Waals surface area contributed by atoms with E-state index in [1.54, 1.807) is 42.8 Å². The van der Waals surface area contributed by atoms with Crippen LogP contribution in [0.25, 0.3) is 0 Å². The van der Waals surface area contributed by atoms with Gasteiger partial charge in [0.25, 0.3) is 5.91 Å². The second-order valence-corrected chi connectivity index (χ2v) is 5.18. The minimum atomic E-state index is -0.434. The molecule has 1 aromatic carbocycles. The summed E-state index contributed by atoms with van der Waals surface area (Å²) in [5, 5.41) is 7.24. The zero-order chi connectivity index (χ0) is 17.0. The zero-order valence-corrected chi connectivity index (χ0v) is 14.0. The van der Waals surface area contributed by atoms with Gasteiger partial charge in [0.15, 0.2) is 0 Å². The molecule has 2 aromatic rings. The summed E-state index contributed by atoms with van der Waals surface area (Å²) in [5.41, 5.74) is 1.74. The Bertz CT molecular complexity index is 740. The van der Waals surface area contributed by atoms with Gasteiger partial charge in [0.1, 0.15) is 5.15 Å². The molecule has 0 atom stereocenters. The highest BCUT2D eigenvalue weighted by molar-refractivity contribution is 6.33. The minimum Gasteiger partial charge on any atom is -0.462 e. The van der Waals surface area contributed by atoms with Crippen molar-refractivity contribution in [2.75, 3.05) is 11.9 Å². The first-order valence-corrected chi connectivity index (χ1v) is 7.67. The Balaban J connectivity index is 2.23. The quantitative estimate of drug-likeness (QED) is 0.851. The van der Waals surface area contributed by atoms with Crippen LogP contribution in [0.15, 0.2) is 24.3 Å². The van der Waals surface area contributed by atoms with Crippen molar-refractivity contribution in [2.45, 2.75) is 27.3 Å². The second kappa shape index (κ2) is 7.28. The van der Waals surface area contributed by atoms with Gasteiger partial charge in [-0.3, -0.25) is 9.48 Å². The fourth-order valence-corrected chi connectivity index (χ4v) is 2.53. The SMILES string of the molecule is CCOC(=O)c1cccc(NC(=O)c2c(C)nn(CC)c2Cl)c1. The number of benzene rings is 1. The number of hydrogen-bond donors (Lipinski definition) is 1. The number of nitrogens with one attached hydrogen (secondary N) is 1. The van der Waals surface area contributed by atoms with Gasteiger partial charge < -0.3 is 10.1 Å². The Labute approximate surface area is 139 Å². The van der Waals surface area contributed by atoms with Crippen LogP contribution in [0.2, 0.25) is 5.15 Å². The second-order valence-electron chi connectivity index (χ2n) is 4.82. The van der Waals surface area contributed by atoms with E-state index in [1.807, 2.05) is 6.92 Å².